The lowest BCUT2D eigenvalue weighted by atomic mass is 10.1. The summed E-state index contributed by atoms with van der Waals surface area (Å²) in [4.78, 5) is 28.2. The fraction of sp³-hybridized carbons (Fsp3) is 0.875. The third-order valence-corrected chi connectivity index (χ3v) is 3.40. The van der Waals surface area contributed by atoms with Gasteiger partial charge in [0, 0.05) is 25.2 Å². The maximum Gasteiger partial charge on any atom is 0.312 e. The summed E-state index contributed by atoms with van der Waals surface area (Å²) in [5.74, 6) is -0.712. The highest BCUT2D eigenvalue weighted by molar-refractivity contribution is 6.35. The van der Waals surface area contributed by atoms with Crippen LogP contribution in [0.25, 0.3) is 0 Å². The molecule has 0 aliphatic rings. The van der Waals surface area contributed by atoms with Crippen molar-refractivity contribution in [3.8, 4) is 0 Å². The normalized spacial score (nSPS) is 11.3. The molecule has 0 spiro atoms. The summed E-state index contributed by atoms with van der Waals surface area (Å²) in [5.41, 5.74) is -0.317. The summed E-state index contributed by atoms with van der Waals surface area (Å²) in [6, 6.07) is 0. The van der Waals surface area contributed by atoms with Gasteiger partial charge >= 0.3 is 11.8 Å². The molecule has 0 radical (unpaired) electrons. The number of amides is 2. The molecule has 0 aromatic carbocycles. The molecule has 0 saturated heterocycles. The molecule has 0 aliphatic carbocycles. The van der Waals surface area contributed by atoms with E-state index in [1.807, 2.05) is 27.7 Å². The van der Waals surface area contributed by atoms with Crippen molar-refractivity contribution in [2.24, 2.45) is 0 Å². The highest BCUT2D eigenvalue weighted by Gasteiger charge is 2.32. The zero-order valence-corrected chi connectivity index (χ0v) is 14.2. The average molecular weight is 284 g/mol. The third-order valence-electron chi connectivity index (χ3n) is 3.40. The first kappa shape index (κ1) is 18.9. The van der Waals surface area contributed by atoms with Crippen LogP contribution in [0.2, 0.25) is 0 Å². The predicted octanol–water partition coefficient (Wildman–Crippen LogP) is 3.06. The first-order chi connectivity index (χ1) is 9.29. The van der Waals surface area contributed by atoms with E-state index >= 15 is 0 Å². The number of hydrogen-bond acceptors (Lipinski definition) is 2. The summed E-state index contributed by atoms with van der Waals surface area (Å²) in [6.07, 6.45) is 3.95. The molecule has 0 saturated carbocycles. The van der Waals surface area contributed by atoms with Crippen molar-refractivity contribution in [1.82, 2.24) is 9.80 Å². The van der Waals surface area contributed by atoms with E-state index < -0.39 is 0 Å². The molecule has 4 nitrogen and oxygen atoms in total. The van der Waals surface area contributed by atoms with E-state index in [0.717, 1.165) is 25.7 Å². The number of likely N-dealkylation sites (N-methyl/N-ethyl adjacent to an activating group) is 1. The van der Waals surface area contributed by atoms with Crippen molar-refractivity contribution in [3.63, 3.8) is 0 Å². The first-order valence-corrected chi connectivity index (χ1v) is 7.90. The second kappa shape index (κ2) is 8.98. The van der Waals surface area contributed by atoms with E-state index in [2.05, 4.69) is 13.8 Å². The van der Waals surface area contributed by atoms with Crippen molar-refractivity contribution < 1.29 is 9.59 Å². The van der Waals surface area contributed by atoms with Crippen molar-refractivity contribution in [2.75, 3.05) is 19.6 Å². The Bertz CT molecular complexity index is 300. The number of unbranched alkanes of at least 4 members (excludes halogenated alkanes) is 2. The standard InChI is InChI=1S/C16H32N2O2/c1-7-10-12-17(13-11-8-2)14(19)15(20)18(9-3)16(4,5)6/h7-13H2,1-6H3. The molecule has 0 fully saturated rings. The van der Waals surface area contributed by atoms with Crippen LogP contribution in [0.1, 0.15) is 67.2 Å². The summed E-state index contributed by atoms with van der Waals surface area (Å²) in [6.45, 7) is 13.9. The Labute approximate surface area is 124 Å². The molecule has 118 valence electrons. The van der Waals surface area contributed by atoms with Crippen LogP contribution in [0.15, 0.2) is 0 Å². The van der Waals surface area contributed by atoms with Gasteiger partial charge in [0.15, 0.2) is 0 Å². The van der Waals surface area contributed by atoms with Crippen LogP contribution in [-0.4, -0.2) is 46.8 Å². The largest absolute Gasteiger partial charge is 0.334 e. The first-order valence-electron chi connectivity index (χ1n) is 7.90. The SMILES string of the molecule is CCCCN(CCCC)C(=O)C(=O)N(CC)C(C)(C)C. The Hall–Kier alpha value is -1.06. The van der Waals surface area contributed by atoms with Gasteiger partial charge in [0.05, 0.1) is 0 Å². The zero-order valence-electron chi connectivity index (χ0n) is 14.2. The predicted molar refractivity (Wildman–Crippen MR) is 83.5 cm³/mol. The van der Waals surface area contributed by atoms with Crippen LogP contribution >= 0.6 is 0 Å². The second-order valence-corrected chi connectivity index (χ2v) is 6.22. The maximum absolute atomic E-state index is 12.4. The van der Waals surface area contributed by atoms with E-state index in [1.54, 1.807) is 9.80 Å². The molecule has 4 heteroatoms. The topological polar surface area (TPSA) is 40.6 Å². The van der Waals surface area contributed by atoms with Gasteiger partial charge in [0.2, 0.25) is 0 Å². The van der Waals surface area contributed by atoms with E-state index in [9.17, 15) is 9.59 Å². The van der Waals surface area contributed by atoms with Crippen LogP contribution in [0.4, 0.5) is 0 Å². The van der Waals surface area contributed by atoms with E-state index in [1.165, 1.54) is 0 Å². The van der Waals surface area contributed by atoms with Gasteiger partial charge in [0.1, 0.15) is 0 Å². The van der Waals surface area contributed by atoms with Crippen molar-refractivity contribution in [2.45, 2.75) is 72.8 Å². The molecule has 0 unspecified atom stereocenters. The van der Waals surface area contributed by atoms with Gasteiger partial charge < -0.3 is 9.80 Å². The van der Waals surface area contributed by atoms with Gasteiger partial charge in [-0.2, -0.15) is 0 Å². The van der Waals surface area contributed by atoms with Crippen molar-refractivity contribution in [3.05, 3.63) is 0 Å². The number of carbonyl (C=O) groups is 2. The Morgan fingerprint density at radius 3 is 1.60 bits per heavy atom. The lowest BCUT2D eigenvalue weighted by molar-refractivity contribution is -0.154. The van der Waals surface area contributed by atoms with E-state index in [-0.39, 0.29) is 17.4 Å². The molecule has 0 aromatic heterocycles. The molecule has 0 heterocycles. The highest BCUT2D eigenvalue weighted by atomic mass is 16.2. The molecule has 0 aromatic rings. The number of nitrogens with zero attached hydrogens (tertiary/aromatic N) is 2. The summed E-state index contributed by atoms with van der Waals surface area (Å²) < 4.78 is 0. The van der Waals surface area contributed by atoms with Crippen LogP contribution in [0.5, 0.6) is 0 Å². The maximum atomic E-state index is 12.4. The van der Waals surface area contributed by atoms with Gasteiger partial charge in [-0.15, -0.1) is 0 Å². The molecule has 0 rings (SSSR count). The molecule has 0 bridgehead atoms. The highest BCUT2D eigenvalue weighted by Crippen LogP contribution is 2.14. The van der Waals surface area contributed by atoms with Gasteiger partial charge in [-0.05, 0) is 40.5 Å². The van der Waals surface area contributed by atoms with Crippen molar-refractivity contribution >= 4 is 11.8 Å². The molecular formula is C16H32N2O2. The number of carbonyl (C=O) groups excluding carboxylic acids is 2. The van der Waals surface area contributed by atoms with Crippen LogP contribution in [0, 0.1) is 0 Å². The number of rotatable bonds is 7. The van der Waals surface area contributed by atoms with Crippen LogP contribution in [-0.2, 0) is 9.59 Å². The summed E-state index contributed by atoms with van der Waals surface area (Å²) in [7, 11) is 0. The Kier molecular flexibility index (Phi) is 8.51. The van der Waals surface area contributed by atoms with Crippen molar-refractivity contribution in [1.29, 1.82) is 0 Å². The fourth-order valence-corrected chi connectivity index (χ4v) is 2.19. The molecule has 0 atom stereocenters. The zero-order chi connectivity index (χ0) is 15.8. The second-order valence-electron chi connectivity index (χ2n) is 6.22. The Morgan fingerprint density at radius 1 is 0.850 bits per heavy atom. The van der Waals surface area contributed by atoms with E-state index in [0.29, 0.717) is 19.6 Å². The van der Waals surface area contributed by atoms with Crippen LogP contribution < -0.4 is 0 Å². The van der Waals surface area contributed by atoms with Gasteiger partial charge in [-0.1, -0.05) is 26.7 Å². The molecule has 20 heavy (non-hydrogen) atoms. The monoisotopic (exact) mass is 284 g/mol. The molecule has 0 N–H and O–H groups in total. The Morgan fingerprint density at radius 2 is 1.30 bits per heavy atom. The quantitative estimate of drug-likeness (QED) is 0.674. The van der Waals surface area contributed by atoms with Gasteiger partial charge in [-0.3, -0.25) is 9.59 Å². The Balaban J connectivity index is 4.88. The third kappa shape index (κ3) is 5.93. The van der Waals surface area contributed by atoms with E-state index in [4.69, 9.17) is 0 Å². The lowest BCUT2D eigenvalue weighted by Crippen LogP contribution is -2.52. The minimum Gasteiger partial charge on any atom is -0.334 e. The lowest BCUT2D eigenvalue weighted by Gasteiger charge is -2.35. The average Bonchev–Trinajstić information content (AvgIpc) is 2.37. The minimum atomic E-state index is -0.368. The van der Waals surface area contributed by atoms with Crippen LogP contribution in [0.3, 0.4) is 0 Å². The van der Waals surface area contributed by atoms with Gasteiger partial charge in [0.25, 0.3) is 0 Å². The molecule has 2 amide bonds. The van der Waals surface area contributed by atoms with Gasteiger partial charge in [-0.25, -0.2) is 0 Å². The molecular weight excluding hydrogens is 252 g/mol. The smallest absolute Gasteiger partial charge is 0.312 e. The fourth-order valence-electron chi connectivity index (χ4n) is 2.19. The summed E-state index contributed by atoms with van der Waals surface area (Å²) in [5, 5.41) is 0. The molecule has 0 aliphatic heterocycles. The summed E-state index contributed by atoms with van der Waals surface area (Å²) >= 11 is 0. The number of hydrogen-bond donors (Lipinski definition) is 0. The minimum absolute atomic E-state index is 0.317.